The highest BCUT2D eigenvalue weighted by Gasteiger charge is 2.22. The summed E-state index contributed by atoms with van der Waals surface area (Å²) in [5.74, 6) is 1.22. The van der Waals surface area contributed by atoms with Crippen LogP contribution in [0.25, 0.3) is 10.6 Å². The van der Waals surface area contributed by atoms with Crippen LogP contribution < -0.4 is 10.1 Å². The molecule has 0 saturated heterocycles. The molecule has 3 aromatic rings. The van der Waals surface area contributed by atoms with Gasteiger partial charge in [-0.3, -0.25) is 4.79 Å². The number of rotatable bonds is 7. The Hall–Kier alpha value is -2.73. The Labute approximate surface area is 156 Å². The van der Waals surface area contributed by atoms with Crippen molar-refractivity contribution >= 4 is 17.2 Å². The van der Waals surface area contributed by atoms with Crippen LogP contribution in [-0.2, 0) is 6.54 Å². The van der Waals surface area contributed by atoms with Gasteiger partial charge in [0.1, 0.15) is 9.88 Å². The Balaban J connectivity index is 1.31. The Kier molecular flexibility index (Phi) is 4.93. The van der Waals surface area contributed by atoms with E-state index in [1.165, 1.54) is 24.2 Å². The van der Waals surface area contributed by atoms with Gasteiger partial charge in [-0.05, 0) is 24.3 Å². The molecular formula is C20H19N3O2S. The Morgan fingerprint density at radius 1 is 1.12 bits per heavy atom. The first kappa shape index (κ1) is 16.7. The normalized spacial score (nSPS) is 13.4. The minimum Gasteiger partial charge on any atom is -0.477 e. The van der Waals surface area contributed by atoms with E-state index in [0.29, 0.717) is 23.2 Å². The molecule has 132 valence electrons. The number of pyridine rings is 1. The van der Waals surface area contributed by atoms with Gasteiger partial charge >= 0.3 is 0 Å². The Morgan fingerprint density at radius 3 is 2.69 bits per heavy atom. The Bertz CT molecular complexity index is 874. The van der Waals surface area contributed by atoms with E-state index in [1.54, 1.807) is 12.4 Å². The summed E-state index contributed by atoms with van der Waals surface area (Å²) < 4.78 is 5.62. The van der Waals surface area contributed by atoms with Gasteiger partial charge in [-0.25, -0.2) is 9.97 Å². The van der Waals surface area contributed by atoms with Gasteiger partial charge in [-0.1, -0.05) is 36.4 Å². The zero-order chi connectivity index (χ0) is 17.8. The van der Waals surface area contributed by atoms with E-state index in [-0.39, 0.29) is 5.91 Å². The number of nitrogens with one attached hydrogen (secondary N) is 1. The number of nitrogens with zero attached hydrogens (tertiary/aromatic N) is 2. The van der Waals surface area contributed by atoms with Gasteiger partial charge in [0.05, 0.1) is 12.8 Å². The van der Waals surface area contributed by atoms with E-state index in [1.807, 2.05) is 42.5 Å². The smallest absolute Gasteiger partial charge is 0.263 e. The van der Waals surface area contributed by atoms with Gasteiger partial charge in [-0.2, -0.15) is 0 Å². The lowest BCUT2D eigenvalue weighted by molar-refractivity contribution is 0.0954. The highest BCUT2D eigenvalue weighted by Crippen LogP contribution is 2.29. The van der Waals surface area contributed by atoms with Crippen molar-refractivity contribution < 1.29 is 9.53 Å². The van der Waals surface area contributed by atoms with Crippen molar-refractivity contribution in [3.63, 3.8) is 0 Å². The fraction of sp³-hybridized carbons (Fsp3) is 0.250. The number of thiazole rings is 1. The molecule has 6 heteroatoms. The largest absolute Gasteiger partial charge is 0.477 e. The minimum absolute atomic E-state index is 0.126. The van der Waals surface area contributed by atoms with Crippen LogP contribution in [0.5, 0.6) is 5.88 Å². The number of amides is 1. The first-order valence-corrected chi connectivity index (χ1v) is 9.47. The summed E-state index contributed by atoms with van der Waals surface area (Å²) in [5.41, 5.74) is 1.95. The molecule has 0 aliphatic heterocycles. The summed E-state index contributed by atoms with van der Waals surface area (Å²) >= 11 is 1.39. The zero-order valence-electron chi connectivity index (χ0n) is 14.2. The highest BCUT2D eigenvalue weighted by molar-refractivity contribution is 7.16. The van der Waals surface area contributed by atoms with Gasteiger partial charge in [0, 0.05) is 24.4 Å². The number of hydrogen-bond acceptors (Lipinski definition) is 5. The van der Waals surface area contributed by atoms with Crippen molar-refractivity contribution in [1.82, 2.24) is 15.3 Å². The molecule has 0 radical (unpaired) electrons. The van der Waals surface area contributed by atoms with Crippen LogP contribution >= 0.6 is 11.3 Å². The molecule has 1 N–H and O–H groups in total. The summed E-state index contributed by atoms with van der Waals surface area (Å²) in [7, 11) is 0. The lowest BCUT2D eigenvalue weighted by Gasteiger charge is -2.06. The molecule has 5 nitrogen and oxygen atoms in total. The number of carbonyl (C=O) groups is 1. The predicted molar refractivity (Wildman–Crippen MR) is 101 cm³/mol. The maximum absolute atomic E-state index is 12.3. The third kappa shape index (κ3) is 4.26. The van der Waals surface area contributed by atoms with Gasteiger partial charge in [0.2, 0.25) is 5.88 Å². The number of aromatic nitrogens is 2. The van der Waals surface area contributed by atoms with Crippen molar-refractivity contribution in [2.45, 2.75) is 19.4 Å². The molecule has 0 atom stereocenters. The third-order valence-corrected chi connectivity index (χ3v) is 5.21. The SMILES string of the molecule is O=C(NCc1ccc(OCC2CC2)nc1)c1cnc(-c2ccccc2)s1. The monoisotopic (exact) mass is 365 g/mol. The van der Waals surface area contributed by atoms with Gasteiger partial charge in [0.15, 0.2) is 0 Å². The van der Waals surface area contributed by atoms with Crippen molar-refractivity contribution in [2.24, 2.45) is 5.92 Å². The van der Waals surface area contributed by atoms with E-state index in [4.69, 9.17) is 4.74 Å². The number of benzene rings is 1. The van der Waals surface area contributed by atoms with Gasteiger partial charge < -0.3 is 10.1 Å². The molecule has 4 rings (SSSR count). The van der Waals surface area contributed by atoms with Crippen LogP contribution in [0.15, 0.2) is 54.9 Å². The third-order valence-electron chi connectivity index (χ3n) is 4.16. The molecule has 2 heterocycles. The van der Waals surface area contributed by atoms with Crippen LogP contribution in [-0.4, -0.2) is 22.5 Å². The second-order valence-corrected chi connectivity index (χ2v) is 7.37. The number of hydrogen-bond donors (Lipinski definition) is 1. The van der Waals surface area contributed by atoms with Gasteiger partial charge in [-0.15, -0.1) is 11.3 Å². The summed E-state index contributed by atoms with van der Waals surface area (Å²) in [5, 5.41) is 3.75. The fourth-order valence-electron chi connectivity index (χ4n) is 2.45. The van der Waals surface area contributed by atoms with Gasteiger partial charge in [0.25, 0.3) is 5.91 Å². The molecule has 1 fully saturated rings. The predicted octanol–water partition coefficient (Wildman–Crippen LogP) is 3.92. The van der Waals surface area contributed by atoms with Crippen molar-refractivity contribution in [3.05, 3.63) is 65.3 Å². The van der Waals surface area contributed by atoms with Crippen molar-refractivity contribution in [1.29, 1.82) is 0 Å². The number of ether oxygens (including phenoxy) is 1. The van der Waals surface area contributed by atoms with Crippen LogP contribution in [0.3, 0.4) is 0 Å². The fourth-order valence-corrected chi connectivity index (χ4v) is 3.29. The van der Waals surface area contributed by atoms with Crippen LogP contribution in [0, 0.1) is 5.92 Å². The molecule has 1 amide bonds. The summed E-state index contributed by atoms with van der Waals surface area (Å²) in [4.78, 5) is 21.6. The van der Waals surface area contributed by atoms with E-state index >= 15 is 0 Å². The maximum atomic E-state index is 12.3. The topological polar surface area (TPSA) is 64.1 Å². The first-order chi connectivity index (χ1) is 12.8. The maximum Gasteiger partial charge on any atom is 0.263 e. The summed E-state index contributed by atoms with van der Waals surface area (Å²) in [6, 6.07) is 13.6. The standard InChI is InChI=1S/C20H19N3O2S/c24-19(17-12-23-20(26-17)16-4-2-1-3-5-16)22-11-15-8-9-18(21-10-15)25-13-14-6-7-14/h1-5,8-10,12,14H,6-7,11,13H2,(H,22,24). The number of carbonyl (C=O) groups excluding carboxylic acids is 1. The highest BCUT2D eigenvalue weighted by atomic mass is 32.1. The minimum atomic E-state index is -0.126. The molecule has 26 heavy (non-hydrogen) atoms. The summed E-state index contributed by atoms with van der Waals surface area (Å²) in [6.45, 7) is 1.17. The molecule has 1 aliphatic rings. The van der Waals surface area contributed by atoms with Crippen LogP contribution in [0.1, 0.15) is 28.1 Å². The molecule has 0 bridgehead atoms. The molecule has 1 aliphatic carbocycles. The van der Waals surface area contributed by atoms with E-state index in [0.717, 1.165) is 22.7 Å². The lowest BCUT2D eigenvalue weighted by Crippen LogP contribution is -2.21. The second kappa shape index (κ2) is 7.66. The molecule has 1 aromatic carbocycles. The molecular weight excluding hydrogens is 346 g/mol. The average Bonchev–Trinajstić information content (AvgIpc) is 3.39. The molecule has 2 aromatic heterocycles. The van der Waals surface area contributed by atoms with Crippen LogP contribution in [0.2, 0.25) is 0 Å². The first-order valence-electron chi connectivity index (χ1n) is 8.65. The Morgan fingerprint density at radius 2 is 1.96 bits per heavy atom. The molecule has 1 saturated carbocycles. The lowest BCUT2D eigenvalue weighted by atomic mass is 10.2. The van der Waals surface area contributed by atoms with E-state index in [2.05, 4.69) is 15.3 Å². The quantitative estimate of drug-likeness (QED) is 0.689. The van der Waals surface area contributed by atoms with E-state index in [9.17, 15) is 4.79 Å². The zero-order valence-corrected chi connectivity index (χ0v) is 15.0. The molecule has 0 unspecified atom stereocenters. The average molecular weight is 365 g/mol. The van der Waals surface area contributed by atoms with Crippen molar-refractivity contribution in [3.8, 4) is 16.5 Å². The summed E-state index contributed by atoms with van der Waals surface area (Å²) in [6.07, 6.45) is 5.88. The second-order valence-electron chi connectivity index (χ2n) is 6.34. The van der Waals surface area contributed by atoms with Crippen molar-refractivity contribution in [2.75, 3.05) is 6.61 Å². The van der Waals surface area contributed by atoms with Crippen LogP contribution in [0.4, 0.5) is 0 Å². The molecule has 0 spiro atoms. The van der Waals surface area contributed by atoms with E-state index < -0.39 is 0 Å².